The van der Waals surface area contributed by atoms with Gasteiger partial charge in [0.15, 0.2) is 0 Å². The lowest BCUT2D eigenvalue weighted by Crippen LogP contribution is -2.35. The van der Waals surface area contributed by atoms with E-state index in [0.717, 1.165) is 62.4 Å². The second kappa shape index (κ2) is 10.0. The van der Waals surface area contributed by atoms with Crippen molar-refractivity contribution in [3.63, 3.8) is 0 Å². The second-order valence-electron chi connectivity index (χ2n) is 8.46. The Morgan fingerprint density at radius 3 is 2.39 bits per heavy atom. The molecule has 1 aromatic heterocycles. The van der Waals surface area contributed by atoms with E-state index in [2.05, 4.69) is 16.8 Å². The van der Waals surface area contributed by atoms with Crippen molar-refractivity contribution < 1.29 is 26.7 Å². The first-order valence-corrected chi connectivity index (χ1v) is 11.8. The van der Waals surface area contributed by atoms with E-state index >= 15 is 0 Å². The molecule has 0 aliphatic carbocycles. The largest absolute Gasteiger partial charge is 0.416 e. The average molecular weight is 490 g/mol. The van der Waals surface area contributed by atoms with Crippen molar-refractivity contribution in [2.24, 2.45) is 0 Å². The van der Waals surface area contributed by atoms with Crippen LogP contribution in [-0.2, 0) is 12.1 Å². The maximum atomic E-state index is 13.9. The summed E-state index contributed by atoms with van der Waals surface area (Å²) < 4.78 is 67.7. The Labute approximate surface area is 194 Å². The molecule has 2 aromatic rings. The minimum Gasteiger partial charge on any atom is -0.337 e. The van der Waals surface area contributed by atoms with E-state index in [9.17, 15) is 26.7 Å². The van der Waals surface area contributed by atoms with Gasteiger partial charge in [-0.2, -0.15) is 13.2 Å². The molecule has 182 valence electrons. The molecule has 0 saturated carbocycles. The summed E-state index contributed by atoms with van der Waals surface area (Å²) in [6.07, 6.45) is -1.75. The highest BCUT2D eigenvalue weighted by molar-refractivity contribution is 7.17. The van der Waals surface area contributed by atoms with Gasteiger partial charge in [0.1, 0.15) is 9.88 Å². The van der Waals surface area contributed by atoms with Crippen LogP contribution in [0.4, 0.5) is 22.0 Å². The van der Waals surface area contributed by atoms with Gasteiger partial charge in [0.25, 0.3) is 11.8 Å². The van der Waals surface area contributed by atoms with Gasteiger partial charge in [-0.15, -0.1) is 11.3 Å². The fourth-order valence-corrected chi connectivity index (χ4v) is 4.83. The van der Waals surface area contributed by atoms with E-state index < -0.39 is 23.2 Å². The zero-order valence-electron chi connectivity index (χ0n) is 18.9. The second-order valence-corrected chi connectivity index (χ2v) is 9.46. The molecule has 1 fully saturated rings. The van der Waals surface area contributed by atoms with E-state index in [-0.39, 0.29) is 16.5 Å². The zero-order valence-corrected chi connectivity index (χ0v) is 19.8. The Balaban J connectivity index is 1.88. The SMILES string of the molecule is CCCCN1CCCN(C(=O)c2sc(-c3cc(C(C)(F)F)cc(C(F)(F)F)c3)nc2C)CC1. The fourth-order valence-electron chi connectivity index (χ4n) is 3.81. The number of thiazole rings is 1. The van der Waals surface area contributed by atoms with Gasteiger partial charge in [-0.1, -0.05) is 13.3 Å². The normalized spacial score (nSPS) is 16.2. The summed E-state index contributed by atoms with van der Waals surface area (Å²) >= 11 is 0.946. The van der Waals surface area contributed by atoms with E-state index in [1.54, 1.807) is 11.8 Å². The Morgan fingerprint density at radius 1 is 1.06 bits per heavy atom. The molecular formula is C23H28F5N3OS. The van der Waals surface area contributed by atoms with Crippen molar-refractivity contribution in [2.75, 3.05) is 32.7 Å². The molecule has 0 spiro atoms. The smallest absolute Gasteiger partial charge is 0.337 e. The highest BCUT2D eigenvalue weighted by Gasteiger charge is 2.35. The lowest BCUT2D eigenvalue weighted by Gasteiger charge is -2.21. The molecule has 0 bridgehead atoms. The number of carbonyl (C=O) groups excluding carboxylic acids is 1. The number of alkyl halides is 5. The summed E-state index contributed by atoms with van der Waals surface area (Å²) in [5.41, 5.74) is -1.60. The Kier molecular flexibility index (Phi) is 7.78. The van der Waals surface area contributed by atoms with Crippen molar-refractivity contribution in [2.45, 2.75) is 52.1 Å². The summed E-state index contributed by atoms with van der Waals surface area (Å²) in [6.45, 7) is 8.11. The summed E-state index contributed by atoms with van der Waals surface area (Å²) in [4.78, 5) is 21.8. The van der Waals surface area contributed by atoms with Crippen molar-refractivity contribution >= 4 is 17.2 Å². The van der Waals surface area contributed by atoms with Crippen molar-refractivity contribution in [3.8, 4) is 10.6 Å². The Bertz CT molecular complexity index is 951. The molecule has 10 heteroatoms. The fraction of sp³-hybridized carbons (Fsp3) is 0.565. The third kappa shape index (κ3) is 6.29. The van der Waals surface area contributed by atoms with Crippen molar-refractivity contribution in [1.29, 1.82) is 0 Å². The number of nitrogens with zero attached hydrogens (tertiary/aromatic N) is 3. The molecule has 1 aliphatic heterocycles. The van der Waals surface area contributed by atoms with Crippen LogP contribution >= 0.6 is 11.3 Å². The molecule has 1 aliphatic rings. The van der Waals surface area contributed by atoms with Gasteiger partial charge < -0.3 is 9.80 Å². The maximum Gasteiger partial charge on any atom is 0.416 e. The number of amides is 1. The molecule has 0 unspecified atom stereocenters. The first-order chi connectivity index (χ1) is 15.4. The summed E-state index contributed by atoms with van der Waals surface area (Å²) in [7, 11) is 0. The summed E-state index contributed by atoms with van der Waals surface area (Å²) in [5, 5.41) is 0.117. The van der Waals surface area contributed by atoms with Crippen LogP contribution in [0.15, 0.2) is 18.2 Å². The van der Waals surface area contributed by atoms with Crippen LogP contribution in [0.2, 0.25) is 0 Å². The summed E-state index contributed by atoms with van der Waals surface area (Å²) in [5.74, 6) is -3.67. The molecule has 1 aromatic carbocycles. The van der Waals surface area contributed by atoms with Gasteiger partial charge in [0.05, 0.1) is 11.3 Å². The molecule has 1 amide bonds. The number of carbonyl (C=O) groups is 1. The van der Waals surface area contributed by atoms with Gasteiger partial charge in [-0.05, 0) is 51.1 Å². The summed E-state index contributed by atoms with van der Waals surface area (Å²) in [6, 6.07) is 2.27. The average Bonchev–Trinajstić information content (AvgIpc) is 2.97. The number of unbranched alkanes of at least 4 members (excludes halogenated alkanes) is 1. The molecule has 3 rings (SSSR count). The lowest BCUT2D eigenvalue weighted by atomic mass is 10.0. The lowest BCUT2D eigenvalue weighted by molar-refractivity contribution is -0.137. The number of aryl methyl sites for hydroxylation is 1. The van der Waals surface area contributed by atoms with Gasteiger partial charge in [0, 0.05) is 37.7 Å². The van der Waals surface area contributed by atoms with E-state index in [1.165, 1.54) is 0 Å². The molecule has 0 atom stereocenters. The minimum absolute atomic E-state index is 0.0740. The van der Waals surface area contributed by atoms with Crippen molar-refractivity contribution in [1.82, 2.24) is 14.8 Å². The predicted octanol–water partition coefficient (Wildman–Crippen LogP) is 6.20. The third-order valence-corrected chi connectivity index (χ3v) is 6.90. The van der Waals surface area contributed by atoms with Crippen LogP contribution in [-0.4, -0.2) is 53.4 Å². The zero-order chi connectivity index (χ0) is 24.4. The van der Waals surface area contributed by atoms with Crippen LogP contribution in [0.3, 0.4) is 0 Å². The molecule has 0 radical (unpaired) electrons. The maximum absolute atomic E-state index is 13.9. The number of hydrogen-bond donors (Lipinski definition) is 0. The molecule has 1 saturated heterocycles. The van der Waals surface area contributed by atoms with Gasteiger partial charge >= 0.3 is 6.18 Å². The van der Waals surface area contributed by atoms with E-state index in [0.29, 0.717) is 36.7 Å². The molecule has 2 heterocycles. The monoisotopic (exact) mass is 489 g/mol. The third-order valence-electron chi connectivity index (χ3n) is 5.71. The van der Waals surface area contributed by atoms with Gasteiger partial charge in [-0.25, -0.2) is 13.8 Å². The van der Waals surface area contributed by atoms with Crippen LogP contribution in [0.25, 0.3) is 10.6 Å². The van der Waals surface area contributed by atoms with Crippen LogP contribution < -0.4 is 0 Å². The molecule has 33 heavy (non-hydrogen) atoms. The highest BCUT2D eigenvalue weighted by atomic mass is 32.1. The Hall–Kier alpha value is -2.07. The predicted molar refractivity (Wildman–Crippen MR) is 119 cm³/mol. The number of halogens is 5. The Morgan fingerprint density at radius 2 is 1.76 bits per heavy atom. The number of aromatic nitrogens is 1. The topological polar surface area (TPSA) is 36.4 Å². The van der Waals surface area contributed by atoms with Crippen LogP contribution in [0.1, 0.15) is 59.6 Å². The van der Waals surface area contributed by atoms with Gasteiger partial charge in [-0.3, -0.25) is 4.79 Å². The van der Waals surface area contributed by atoms with Crippen LogP contribution in [0, 0.1) is 6.92 Å². The minimum atomic E-state index is -4.78. The highest BCUT2D eigenvalue weighted by Crippen LogP contribution is 2.39. The van der Waals surface area contributed by atoms with Gasteiger partial charge in [0.2, 0.25) is 0 Å². The number of hydrogen-bond acceptors (Lipinski definition) is 4. The molecular weight excluding hydrogens is 461 g/mol. The number of benzene rings is 1. The van der Waals surface area contributed by atoms with Crippen LogP contribution in [0.5, 0.6) is 0 Å². The quantitative estimate of drug-likeness (QED) is 0.454. The standard InChI is InChI=1S/C23H28F5N3OS/c1-4-5-7-30-8-6-9-31(11-10-30)21(32)19-15(2)29-20(33-19)16-12-17(22(3,24)25)14-18(13-16)23(26,27)28/h12-14H,4-11H2,1-3H3. The van der Waals surface area contributed by atoms with E-state index in [1.807, 2.05) is 0 Å². The molecule has 4 nitrogen and oxygen atoms in total. The number of rotatable bonds is 6. The van der Waals surface area contributed by atoms with Crippen molar-refractivity contribution in [3.05, 3.63) is 39.9 Å². The first-order valence-electron chi connectivity index (χ1n) is 11.0. The first kappa shape index (κ1) is 25.6. The molecule has 0 N–H and O–H groups in total. The van der Waals surface area contributed by atoms with E-state index in [4.69, 9.17) is 0 Å².